The minimum absolute atomic E-state index is 0.168. The Morgan fingerprint density at radius 2 is 1.95 bits per heavy atom. The molecule has 0 radical (unpaired) electrons. The van der Waals surface area contributed by atoms with Gasteiger partial charge in [0, 0.05) is 34.9 Å². The molecule has 106 valence electrons. The highest BCUT2D eigenvalue weighted by Crippen LogP contribution is 2.16. The van der Waals surface area contributed by atoms with Gasteiger partial charge in [-0.05, 0) is 44.2 Å². The second kappa shape index (κ2) is 5.28. The Labute approximate surface area is 122 Å². The molecule has 0 aliphatic carbocycles. The van der Waals surface area contributed by atoms with E-state index in [4.69, 9.17) is 0 Å². The van der Waals surface area contributed by atoms with Gasteiger partial charge in [0.05, 0.1) is 0 Å². The van der Waals surface area contributed by atoms with Gasteiger partial charge in [-0.15, -0.1) is 0 Å². The number of aromatic amines is 1. The molecule has 2 aromatic heterocycles. The van der Waals surface area contributed by atoms with Gasteiger partial charge in [-0.2, -0.15) is 5.10 Å². The smallest absolute Gasteiger partial charge is 0.256 e. The molecule has 3 aromatic rings. The molecule has 0 spiro atoms. The number of H-pyrrole nitrogens is 1. The fourth-order valence-electron chi connectivity index (χ4n) is 2.10. The van der Waals surface area contributed by atoms with Crippen molar-refractivity contribution >= 4 is 11.7 Å². The fourth-order valence-corrected chi connectivity index (χ4v) is 2.10. The number of rotatable bonds is 3. The minimum atomic E-state index is -0.168. The third kappa shape index (κ3) is 2.58. The van der Waals surface area contributed by atoms with Crippen LogP contribution in [0.15, 0.2) is 48.8 Å². The SMILES string of the molecule is Cc1[nH]nc(NC(=O)c2cccc(-n3cccc3)c2)c1C. The van der Waals surface area contributed by atoms with Crippen LogP contribution in [0.25, 0.3) is 5.69 Å². The molecule has 0 saturated heterocycles. The van der Waals surface area contributed by atoms with Crippen molar-refractivity contribution in [2.24, 2.45) is 0 Å². The number of amides is 1. The second-order valence-electron chi connectivity index (χ2n) is 4.92. The lowest BCUT2D eigenvalue weighted by atomic mass is 10.2. The Balaban J connectivity index is 1.85. The van der Waals surface area contributed by atoms with Crippen molar-refractivity contribution in [2.75, 3.05) is 5.32 Å². The maximum absolute atomic E-state index is 12.3. The number of aryl methyl sites for hydroxylation is 1. The molecule has 0 aliphatic rings. The number of nitrogens with zero attached hydrogens (tertiary/aromatic N) is 2. The van der Waals surface area contributed by atoms with Crippen LogP contribution >= 0.6 is 0 Å². The van der Waals surface area contributed by atoms with Crippen LogP contribution in [-0.2, 0) is 0 Å². The van der Waals surface area contributed by atoms with E-state index in [-0.39, 0.29) is 5.91 Å². The van der Waals surface area contributed by atoms with Crippen LogP contribution in [0.3, 0.4) is 0 Å². The zero-order valence-corrected chi connectivity index (χ0v) is 11.9. The minimum Gasteiger partial charge on any atom is -0.324 e. The molecule has 5 heteroatoms. The maximum atomic E-state index is 12.3. The standard InChI is InChI=1S/C16H16N4O/c1-11-12(2)18-19-15(11)17-16(21)13-6-5-7-14(10-13)20-8-3-4-9-20/h3-10H,1-2H3,(H2,17,18,19,21). The second-order valence-corrected chi connectivity index (χ2v) is 4.92. The summed E-state index contributed by atoms with van der Waals surface area (Å²) in [5.41, 5.74) is 3.44. The van der Waals surface area contributed by atoms with Crippen LogP contribution in [-0.4, -0.2) is 20.7 Å². The summed E-state index contributed by atoms with van der Waals surface area (Å²) >= 11 is 0. The molecule has 0 bridgehead atoms. The van der Waals surface area contributed by atoms with Gasteiger partial charge < -0.3 is 9.88 Å². The third-order valence-electron chi connectivity index (χ3n) is 3.50. The summed E-state index contributed by atoms with van der Waals surface area (Å²) in [4.78, 5) is 12.3. The lowest BCUT2D eigenvalue weighted by Gasteiger charge is -2.07. The molecule has 1 aromatic carbocycles. The van der Waals surface area contributed by atoms with Gasteiger partial charge >= 0.3 is 0 Å². The van der Waals surface area contributed by atoms with Gasteiger partial charge in [-0.1, -0.05) is 6.07 Å². The number of anilines is 1. The number of aromatic nitrogens is 3. The maximum Gasteiger partial charge on any atom is 0.256 e. The molecule has 3 rings (SSSR count). The van der Waals surface area contributed by atoms with Gasteiger partial charge in [0.1, 0.15) is 0 Å². The molecule has 0 unspecified atom stereocenters. The summed E-state index contributed by atoms with van der Waals surface area (Å²) in [6.07, 6.45) is 3.89. The van der Waals surface area contributed by atoms with Crippen LogP contribution < -0.4 is 5.32 Å². The first-order valence-corrected chi connectivity index (χ1v) is 6.71. The van der Waals surface area contributed by atoms with Gasteiger partial charge in [0.2, 0.25) is 0 Å². The predicted octanol–water partition coefficient (Wildman–Crippen LogP) is 3.07. The monoisotopic (exact) mass is 280 g/mol. The average Bonchev–Trinajstić information content (AvgIpc) is 3.13. The van der Waals surface area contributed by atoms with Gasteiger partial charge in [0.15, 0.2) is 5.82 Å². The van der Waals surface area contributed by atoms with E-state index >= 15 is 0 Å². The molecule has 2 N–H and O–H groups in total. The van der Waals surface area contributed by atoms with Crippen LogP contribution in [0.2, 0.25) is 0 Å². The lowest BCUT2D eigenvalue weighted by Crippen LogP contribution is -2.13. The van der Waals surface area contributed by atoms with Crippen molar-refractivity contribution in [1.29, 1.82) is 0 Å². The van der Waals surface area contributed by atoms with Crippen LogP contribution in [0.4, 0.5) is 5.82 Å². The Morgan fingerprint density at radius 1 is 1.19 bits per heavy atom. The van der Waals surface area contributed by atoms with Gasteiger partial charge in [-0.25, -0.2) is 0 Å². The van der Waals surface area contributed by atoms with Gasteiger partial charge in [-0.3, -0.25) is 9.89 Å². The zero-order valence-electron chi connectivity index (χ0n) is 11.9. The van der Waals surface area contributed by atoms with E-state index in [1.54, 1.807) is 6.07 Å². The Bertz CT molecular complexity index is 771. The highest BCUT2D eigenvalue weighted by molar-refractivity contribution is 6.04. The van der Waals surface area contributed by atoms with E-state index in [0.717, 1.165) is 16.9 Å². The average molecular weight is 280 g/mol. The molecular formula is C16H16N4O. The summed E-state index contributed by atoms with van der Waals surface area (Å²) in [7, 11) is 0. The summed E-state index contributed by atoms with van der Waals surface area (Å²) in [6.45, 7) is 3.84. The molecule has 0 fully saturated rings. The van der Waals surface area contributed by atoms with E-state index in [1.807, 2.05) is 61.1 Å². The van der Waals surface area contributed by atoms with Crippen molar-refractivity contribution in [3.63, 3.8) is 0 Å². The largest absolute Gasteiger partial charge is 0.324 e. The number of hydrogen-bond acceptors (Lipinski definition) is 2. The first-order valence-electron chi connectivity index (χ1n) is 6.71. The fraction of sp³-hybridized carbons (Fsp3) is 0.125. The summed E-state index contributed by atoms with van der Waals surface area (Å²) in [5.74, 6) is 0.405. The molecule has 21 heavy (non-hydrogen) atoms. The Morgan fingerprint density at radius 3 is 2.62 bits per heavy atom. The zero-order chi connectivity index (χ0) is 14.8. The number of nitrogens with one attached hydrogen (secondary N) is 2. The first kappa shape index (κ1) is 13.2. The summed E-state index contributed by atoms with van der Waals surface area (Å²) in [5, 5.41) is 9.78. The predicted molar refractivity (Wildman–Crippen MR) is 81.8 cm³/mol. The molecular weight excluding hydrogens is 264 g/mol. The number of carbonyl (C=O) groups excluding carboxylic acids is 1. The molecule has 0 atom stereocenters. The third-order valence-corrected chi connectivity index (χ3v) is 3.50. The Kier molecular flexibility index (Phi) is 3.31. The molecule has 0 aliphatic heterocycles. The topological polar surface area (TPSA) is 62.7 Å². The summed E-state index contributed by atoms with van der Waals surface area (Å²) < 4.78 is 1.96. The highest BCUT2D eigenvalue weighted by atomic mass is 16.1. The van der Waals surface area contributed by atoms with E-state index in [1.165, 1.54) is 0 Å². The molecule has 1 amide bonds. The number of hydrogen-bond donors (Lipinski definition) is 2. The van der Waals surface area contributed by atoms with Crippen molar-refractivity contribution in [2.45, 2.75) is 13.8 Å². The van der Waals surface area contributed by atoms with Crippen molar-refractivity contribution in [3.05, 3.63) is 65.6 Å². The Hall–Kier alpha value is -2.82. The van der Waals surface area contributed by atoms with E-state index < -0.39 is 0 Å². The van der Waals surface area contributed by atoms with Crippen LogP contribution in [0.1, 0.15) is 21.6 Å². The van der Waals surface area contributed by atoms with Crippen LogP contribution in [0.5, 0.6) is 0 Å². The van der Waals surface area contributed by atoms with Crippen molar-refractivity contribution in [3.8, 4) is 5.69 Å². The molecule has 5 nitrogen and oxygen atoms in total. The lowest BCUT2D eigenvalue weighted by molar-refractivity contribution is 0.102. The van der Waals surface area contributed by atoms with Crippen molar-refractivity contribution < 1.29 is 4.79 Å². The van der Waals surface area contributed by atoms with Crippen molar-refractivity contribution in [1.82, 2.24) is 14.8 Å². The normalized spacial score (nSPS) is 10.6. The highest BCUT2D eigenvalue weighted by Gasteiger charge is 2.11. The quantitative estimate of drug-likeness (QED) is 0.774. The van der Waals surface area contributed by atoms with E-state index in [2.05, 4.69) is 15.5 Å². The van der Waals surface area contributed by atoms with E-state index in [9.17, 15) is 4.79 Å². The number of carbonyl (C=O) groups is 1. The first-order chi connectivity index (χ1) is 10.1. The molecule has 2 heterocycles. The van der Waals surface area contributed by atoms with E-state index in [0.29, 0.717) is 11.4 Å². The van der Waals surface area contributed by atoms with Crippen LogP contribution in [0, 0.1) is 13.8 Å². The summed E-state index contributed by atoms with van der Waals surface area (Å²) in [6, 6.07) is 11.4. The molecule has 0 saturated carbocycles. The number of benzene rings is 1. The van der Waals surface area contributed by atoms with Gasteiger partial charge in [0.25, 0.3) is 5.91 Å².